The molecule has 1 aliphatic heterocycles. The van der Waals surface area contributed by atoms with Gasteiger partial charge in [-0.1, -0.05) is 18.2 Å². The molecule has 1 amide bonds. The quantitative estimate of drug-likeness (QED) is 0.355. The van der Waals surface area contributed by atoms with Crippen molar-refractivity contribution in [1.82, 2.24) is 20.9 Å². The molecule has 1 aromatic carbocycles. The topological polar surface area (TPSA) is 91.6 Å². The predicted molar refractivity (Wildman–Crippen MR) is 111 cm³/mol. The number of halogens is 1. The van der Waals surface area contributed by atoms with E-state index in [1.807, 2.05) is 37.3 Å². The van der Waals surface area contributed by atoms with E-state index in [0.29, 0.717) is 31.4 Å². The number of nitrogens with zero attached hydrogens (tertiary/aromatic N) is 2. The Kier molecular flexibility index (Phi) is 7.89. The van der Waals surface area contributed by atoms with E-state index in [-0.39, 0.29) is 35.9 Å². The fourth-order valence-electron chi connectivity index (χ4n) is 2.62. The minimum Gasteiger partial charge on any atom is -0.444 e. The van der Waals surface area contributed by atoms with Crippen molar-refractivity contribution in [3.63, 3.8) is 0 Å². The molecule has 1 atom stereocenters. The number of rotatable bonds is 5. The van der Waals surface area contributed by atoms with Crippen LogP contribution >= 0.6 is 24.0 Å². The van der Waals surface area contributed by atoms with Gasteiger partial charge in [-0.05, 0) is 25.5 Å². The van der Waals surface area contributed by atoms with Crippen molar-refractivity contribution in [1.29, 1.82) is 0 Å². The summed E-state index contributed by atoms with van der Waals surface area (Å²) in [5, 5.41) is 9.43. The molecule has 0 saturated carbocycles. The van der Waals surface area contributed by atoms with Crippen molar-refractivity contribution in [2.45, 2.75) is 32.4 Å². The van der Waals surface area contributed by atoms with Crippen LogP contribution in [0.3, 0.4) is 0 Å². The lowest BCUT2D eigenvalue weighted by Gasteiger charge is -2.25. The molecular formula is C18H24IN5O2. The number of carbonyl (C=O) groups is 1. The Labute approximate surface area is 170 Å². The zero-order chi connectivity index (χ0) is 17.5. The van der Waals surface area contributed by atoms with Crippen LogP contribution in [0.2, 0.25) is 0 Å². The summed E-state index contributed by atoms with van der Waals surface area (Å²) in [7, 11) is 0. The third-order valence-electron chi connectivity index (χ3n) is 3.92. The first-order valence-electron chi connectivity index (χ1n) is 8.56. The second kappa shape index (κ2) is 10.1. The van der Waals surface area contributed by atoms with E-state index in [1.54, 1.807) is 6.26 Å². The van der Waals surface area contributed by atoms with Gasteiger partial charge >= 0.3 is 0 Å². The normalized spacial score (nSPS) is 17.2. The Morgan fingerprint density at radius 3 is 2.88 bits per heavy atom. The molecule has 3 rings (SSSR count). The first-order chi connectivity index (χ1) is 12.2. The highest BCUT2D eigenvalue weighted by molar-refractivity contribution is 14.0. The van der Waals surface area contributed by atoms with Crippen molar-refractivity contribution in [3.8, 4) is 11.5 Å². The van der Waals surface area contributed by atoms with Crippen LogP contribution in [-0.4, -0.2) is 36.0 Å². The summed E-state index contributed by atoms with van der Waals surface area (Å²) in [6.07, 6.45) is 2.98. The van der Waals surface area contributed by atoms with Crippen LogP contribution < -0.4 is 16.0 Å². The number of nitrogens with one attached hydrogen (secondary N) is 3. The van der Waals surface area contributed by atoms with Gasteiger partial charge < -0.3 is 20.4 Å². The van der Waals surface area contributed by atoms with Gasteiger partial charge in [-0.3, -0.25) is 4.79 Å². The van der Waals surface area contributed by atoms with Gasteiger partial charge in [0, 0.05) is 31.1 Å². The number of benzene rings is 1. The predicted octanol–water partition coefficient (Wildman–Crippen LogP) is 2.29. The van der Waals surface area contributed by atoms with Gasteiger partial charge in [-0.2, -0.15) is 0 Å². The van der Waals surface area contributed by atoms with Crippen LogP contribution in [0, 0.1) is 0 Å². The van der Waals surface area contributed by atoms with Crippen molar-refractivity contribution >= 4 is 35.8 Å². The molecule has 1 fully saturated rings. The molecule has 7 nitrogen and oxygen atoms in total. The highest BCUT2D eigenvalue weighted by Crippen LogP contribution is 2.18. The molecule has 0 radical (unpaired) electrons. The smallest absolute Gasteiger partial charge is 0.226 e. The highest BCUT2D eigenvalue weighted by atomic mass is 127. The van der Waals surface area contributed by atoms with Gasteiger partial charge in [0.05, 0.1) is 6.54 Å². The third-order valence-corrected chi connectivity index (χ3v) is 3.92. The summed E-state index contributed by atoms with van der Waals surface area (Å²) in [6, 6.07) is 9.97. The highest BCUT2D eigenvalue weighted by Gasteiger charge is 2.18. The number of aromatic nitrogens is 1. The molecule has 3 N–H and O–H groups in total. The summed E-state index contributed by atoms with van der Waals surface area (Å²) < 4.78 is 5.54. The van der Waals surface area contributed by atoms with E-state index in [2.05, 4.69) is 25.9 Å². The Morgan fingerprint density at radius 2 is 2.19 bits per heavy atom. The van der Waals surface area contributed by atoms with E-state index >= 15 is 0 Å². The minimum atomic E-state index is 0. The maximum absolute atomic E-state index is 11.2. The molecule has 1 aromatic heterocycles. The third kappa shape index (κ3) is 5.72. The standard InChI is InChI=1S/C18H23N5O2.HI/c1-2-19-18(23-14-8-9-16(24)20-10-14)21-11-15-12-25-17(22-15)13-6-4-3-5-7-13;/h3-7,12,14H,2,8-11H2,1H3,(H,20,24)(H2,19,21,23);1H. The van der Waals surface area contributed by atoms with E-state index in [1.165, 1.54) is 0 Å². The minimum absolute atomic E-state index is 0. The van der Waals surface area contributed by atoms with Crippen molar-refractivity contribution in [2.24, 2.45) is 4.99 Å². The second-order valence-corrected chi connectivity index (χ2v) is 5.89. The molecular weight excluding hydrogens is 445 g/mol. The van der Waals surface area contributed by atoms with Crippen LogP contribution in [0.1, 0.15) is 25.5 Å². The van der Waals surface area contributed by atoms with Crippen LogP contribution in [0.25, 0.3) is 11.5 Å². The second-order valence-electron chi connectivity index (χ2n) is 5.89. The SMILES string of the molecule is CCNC(=NCc1coc(-c2ccccc2)n1)NC1CCC(=O)NC1.I. The summed E-state index contributed by atoms with van der Waals surface area (Å²) in [5.74, 6) is 1.42. The molecule has 2 heterocycles. The van der Waals surface area contributed by atoms with Crippen molar-refractivity contribution in [3.05, 3.63) is 42.3 Å². The van der Waals surface area contributed by atoms with Crippen LogP contribution in [0.5, 0.6) is 0 Å². The van der Waals surface area contributed by atoms with E-state index < -0.39 is 0 Å². The van der Waals surface area contributed by atoms with Crippen molar-refractivity contribution in [2.75, 3.05) is 13.1 Å². The average Bonchev–Trinajstić information content (AvgIpc) is 3.12. The van der Waals surface area contributed by atoms with Gasteiger partial charge in [-0.15, -0.1) is 24.0 Å². The molecule has 1 aliphatic rings. The van der Waals surface area contributed by atoms with Crippen LogP contribution in [0.15, 0.2) is 46.0 Å². The lowest BCUT2D eigenvalue weighted by atomic mass is 10.1. The fraction of sp³-hybridized carbons (Fsp3) is 0.389. The molecule has 0 bridgehead atoms. The largest absolute Gasteiger partial charge is 0.444 e. The Balaban J connectivity index is 0.00000243. The zero-order valence-corrected chi connectivity index (χ0v) is 17.0. The van der Waals surface area contributed by atoms with Crippen LogP contribution in [0.4, 0.5) is 0 Å². The Morgan fingerprint density at radius 1 is 1.38 bits per heavy atom. The first kappa shape index (κ1) is 20.2. The zero-order valence-electron chi connectivity index (χ0n) is 14.7. The Bertz CT molecular complexity index is 722. The number of hydrogen-bond donors (Lipinski definition) is 3. The van der Waals surface area contributed by atoms with Crippen LogP contribution in [-0.2, 0) is 11.3 Å². The average molecular weight is 469 g/mol. The van der Waals surface area contributed by atoms with Gasteiger partial charge in [0.25, 0.3) is 0 Å². The van der Waals surface area contributed by atoms with Gasteiger partial charge in [0.1, 0.15) is 12.0 Å². The number of piperidine rings is 1. The number of aliphatic imine (C=N–C) groups is 1. The van der Waals surface area contributed by atoms with Gasteiger partial charge in [-0.25, -0.2) is 9.98 Å². The number of oxazole rings is 1. The fourth-order valence-corrected chi connectivity index (χ4v) is 2.62. The van der Waals surface area contributed by atoms with Crippen molar-refractivity contribution < 1.29 is 9.21 Å². The summed E-state index contributed by atoms with van der Waals surface area (Å²) in [5.41, 5.74) is 1.72. The van der Waals surface area contributed by atoms with E-state index in [4.69, 9.17) is 4.42 Å². The number of guanidine groups is 1. The maximum Gasteiger partial charge on any atom is 0.226 e. The summed E-state index contributed by atoms with van der Waals surface area (Å²) in [4.78, 5) is 20.3. The number of carbonyl (C=O) groups excluding carboxylic acids is 1. The van der Waals surface area contributed by atoms with E-state index in [9.17, 15) is 4.79 Å². The summed E-state index contributed by atoms with van der Waals surface area (Å²) >= 11 is 0. The molecule has 140 valence electrons. The summed E-state index contributed by atoms with van der Waals surface area (Å²) in [6.45, 7) is 3.82. The molecule has 0 spiro atoms. The Hall–Kier alpha value is -2.10. The molecule has 8 heteroatoms. The number of amides is 1. The molecule has 26 heavy (non-hydrogen) atoms. The lowest BCUT2D eigenvalue weighted by molar-refractivity contribution is -0.122. The lowest BCUT2D eigenvalue weighted by Crippen LogP contribution is -2.51. The molecule has 2 aromatic rings. The molecule has 1 unspecified atom stereocenters. The van der Waals surface area contributed by atoms with Gasteiger partial charge in [0.15, 0.2) is 5.96 Å². The first-order valence-corrected chi connectivity index (χ1v) is 8.56. The maximum atomic E-state index is 11.2. The monoisotopic (exact) mass is 469 g/mol. The van der Waals surface area contributed by atoms with Gasteiger partial charge in [0.2, 0.25) is 11.8 Å². The molecule has 0 aliphatic carbocycles. The molecule has 1 saturated heterocycles. The number of hydrogen-bond acceptors (Lipinski definition) is 4. The van der Waals surface area contributed by atoms with E-state index in [0.717, 1.165) is 24.2 Å².